The van der Waals surface area contributed by atoms with Gasteiger partial charge in [0.2, 0.25) is 0 Å². The maximum Gasteiger partial charge on any atom is 0.181 e. The first-order chi connectivity index (χ1) is 8.83. The number of hydrogen-bond donors (Lipinski definition) is 1. The second kappa shape index (κ2) is 6.24. The third-order valence-electron chi connectivity index (χ3n) is 3.35. The Hall–Kier alpha value is -1.77. The van der Waals surface area contributed by atoms with Crippen molar-refractivity contribution in [2.45, 2.75) is 26.7 Å². The summed E-state index contributed by atoms with van der Waals surface area (Å²) in [6.45, 7) is 5.51. The quantitative estimate of drug-likeness (QED) is 0.828. The summed E-state index contributed by atoms with van der Waals surface area (Å²) in [7, 11) is 0. The summed E-state index contributed by atoms with van der Waals surface area (Å²) in [6.07, 6.45) is 5.63. The molecule has 2 aromatic rings. The molecule has 0 atom stereocenters. The summed E-state index contributed by atoms with van der Waals surface area (Å²) >= 11 is 0. The zero-order valence-electron chi connectivity index (χ0n) is 11.0. The lowest BCUT2D eigenvalue weighted by atomic mass is 10.0. The van der Waals surface area contributed by atoms with E-state index in [1.54, 1.807) is 6.20 Å². The van der Waals surface area contributed by atoms with Gasteiger partial charge in [0.15, 0.2) is 12.2 Å². The van der Waals surface area contributed by atoms with Gasteiger partial charge < -0.3 is 9.73 Å². The number of benzene rings is 1. The van der Waals surface area contributed by atoms with E-state index in [1.807, 2.05) is 0 Å². The van der Waals surface area contributed by atoms with Crippen molar-refractivity contribution in [1.29, 1.82) is 0 Å². The standard InChI is InChI=1S/C15H20N2O/c1-3-12(4-2)9-17-14-7-5-13(6-8-14)15-10-16-11-18-15/h5-8,10-12,17H,3-4,9H2,1-2H3. The molecule has 0 aliphatic heterocycles. The molecule has 0 bridgehead atoms. The van der Waals surface area contributed by atoms with Crippen molar-refractivity contribution < 1.29 is 4.42 Å². The minimum Gasteiger partial charge on any atom is -0.444 e. The molecule has 2 rings (SSSR count). The highest BCUT2D eigenvalue weighted by Gasteiger charge is 2.04. The lowest BCUT2D eigenvalue weighted by Crippen LogP contribution is -2.12. The van der Waals surface area contributed by atoms with E-state index < -0.39 is 0 Å². The molecule has 0 aliphatic rings. The summed E-state index contributed by atoms with van der Waals surface area (Å²) < 4.78 is 5.26. The molecule has 0 saturated heterocycles. The lowest BCUT2D eigenvalue weighted by molar-refractivity contribution is 0.519. The average Bonchev–Trinajstić information content (AvgIpc) is 2.94. The smallest absolute Gasteiger partial charge is 0.181 e. The van der Waals surface area contributed by atoms with E-state index in [-0.39, 0.29) is 0 Å². The number of aromatic nitrogens is 1. The molecule has 0 fully saturated rings. The molecule has 96 valence electrons. The van der Waals surface area contributed by atoms with Gasteiger partial charge in [-0.3, -0.25) is 0 Å². The van der Waals surface area contributed by atoms with Gasteiger partial charge in [0.1, 0.15) is 0 Å². The Labute approximate surface area is 108 Å². The molecule has 0 unspecified atom stereocenters. The Morgan fingerprint density at radius 2 is 1.89 bits per heavy atom. The molecule has 3 nitrogen and oxygen atoms in total. The fraction of sp³-hybridized carbons (Fsp3) is 0.400. The SMILES string of the molecule is CCC(CC)CNc1ccc(-c2cnco2)cc1. The van der Waals surface area contributed by atoms with Crippen molar-refractivity contribution in [2.24, 2.45) is 5.92 Å². The van der Waals surface area contributed by atoms with Gasteiger partial charge in [-0.2, -0.15) is 0 Å². The van der Waals surface area contributed by atoms with Crippen LogP contribution in [-0.2, 0) is 0 Å². The van der Waals surface area contributed by atoms with Gasteiger partial charge in [0.05, 0.1) is 6.20 Å². The Morgan fingerprint density at radius 3 is 2.44 bits per heavy atom. The van der Waals surface area contributed by atoms with Crippen LogP contribution in [0, 0.1) is 5.92 Å². The van der Waals surface area contributed by atoms with Gasteiger partial charge in [-0.1, -0.05) is 26.7 Å². The Kier molecular flexibility index (Phi) is 4.40. The third-order valence-corrected chi connectivity index (χ3v) is 3.35. The number of nitrogens with zero attached hydrogens (tertiary/aromatic N) is 1. The van der Waals surface area contributed by atoms with Crippen molar-refractivity contribution in [3.05, 3.63) is 36.9 Å². The molecule has 0 spiro atoms. The number of hydrogen-bond acceptors (Lipinski definition) is 3. The van der Waals surface area contributed by atoms with Crippen molar-refractivity contribution >= 4 is 5.69 Å². The minimum atomic E-state index is 0.749. The van der Waals surface area contributed by atoms with Crippen LogP contribution in [0.15, 0.2) is 41.3 Å². The normalized spacial score (nSPS) is 10.8. The molecule has 1 aromatic carbocycles. The van der Waals surface area contributed by atoms with Gasteiger partial charge >= 0.3 is 0 Å². The monoisotopic (exact) mass is 244 g/mol. The largest absolute Gasteiger partial charge is 0.444 e. The van der Waals surface area contributed by atoms with E-state index in [0.717, 1.165) is 29.5 Å². The first-order valence-electron chi connectivity index (χ1n) is 6.56. The van der Waals surface area contributed by atoms with Crippen LogP contribution in [0.5, 0.6) is 0 Å². The highest BCUT2D eigenvalue weighted by molar-refractivity contribution is 5.60. The Balaban J connectivity index is 1.96. The summed E-state index contributed by atoms with van der Waals surface area (Å²) in [6, 6.07) is 8.27. The van der Waals surface area contributed by atoms with E-state index in [0.29, 0.717) is 0 Å². The maximum atomic E-state index is 5.26. The van der Waals surface area contributed by atoms with E-state index in [2.05, 4.69) is 48.4 Å². The Bertz CT molecular complexity index is 444. The van der Waals surface area contributed by atoms with Crippen molar-refractivity contribution in [3.63, 3.8) is 0 Å². The van der Waals surface area contributed by atoms with Crippen LogP contribution in [0.25, 0.3) is 11.3 Å². The lowest BCUT2D eigenvalue weighted by Gasteiger charge is -2.14. The molecule has 3 heteroatoms. The Morgan fingerprint density at radius 1 is 1.17 bits per heavy atom. The van der Waals surface area contributed by atoms with Crippen LogP contribution >= 0.6 is 0 Å². The van der Waals surface area contributed by atoms with Gasteiger partial charge in [0.25, 0.3) is 0 Å². The average molecular weight is 244 g/mol. The number of anilines is 1. The summed E-state index contributed by atoms with van der Waals surface area (Å²) in [5, 5.41) is 3.47. The van der Waals surface area contributed by atoms with Crippen LogP contribution in [0.4, 0.5) is 5.69 Å². The van der Waals surface area contributed by atoms with Crippen LogP contribution in [0.3, 0.4) is 0 Å². The van der Waals surface area contributed by atoms with Crippen molar-refractivity contribution in [2.75, 3.05) is 11.9 Å². The van der Waals surface area contributed by atoms with Gasteiger partial charge in [0, 0.05) is 17.8 Å². The minimum absolute atomic E-state index is 0.749. The maximum absolute atomic E-state index is 5.26. The van der Waals surface area contributed by atoms with E-state index in [9.17, 15) is 0 Å². The van der Waals surface area contributed by atoms with Crippen LogP contribution < -0.4 is 5.32 Å². The van der Waals surface area contributed by atoms with E-state index in [4.69, 9.17) is 4.42 Å². The van der Waals surface area contributed by atoms with Gasteiger partial charge in [-0.25, -0.2) is 4.98 Å². The molecular formula is C15H20N2O. The first kappa shape index (κ1) is 12.7. The second-order valence-electron chi connectivity index (χ2n) is 4.51. The second-order valence-corrected chi connectivity index (χ2v) is 4.51. The predicted molar refractivity (Wildman–Crippen MR) is 74.5 cm³/mol. The van der Waals surface area contributed by atoms with E-state index in [1.165, 1.54) is 19.2 Å². The highest BCUT2D eigenvalue weighted by Crippen LogP contribution is 2.21. The van der Waals surface area contributed by atoms with Crippen LogP contribution in [-0.4, -0.2) is 11.5 Å². The third kappa shape index (κ3) is 3.13. The number of nitrogens with one attached hydrogen (secondary N) is 1. The fourth-order valence-corrected chi connectivity index (χ4v) is 1.95. The number of oxazole rings is 1. The highest BCUT2D eigenvalue weighted by atomic mass is 16.3. The molecule has 1 heterocycles. The van der Waals surface area contributed by atoms with Crippen LogP contribution in [0.2, 0.25) is 0 Å². The molecule has 0 amide bonds. The van der Waals surface area contributed by atoms with E-state index >= 15 is 0 Å². The molecule has 0 aliphatic carbocycles. The van der Waals surface area contributed by atoms with Crippen LogP contribution in [0.1, 0.15) is 26.7 Å². The van der Waals surface area contributed by atoms with Crippen molar-refractivity contribution in [3.8, 4) is 11.3 Å². The molecule has 0 radical (unpaired) electrons. The fourth-order valence-electron chi connectivity index (χ4n) is 1.95. The molecule has 1 aromatic heterocycles. The number of rotatable bonds is 6. The molecule has 1 N–H and O–H groups in total. The van der Waals surface area contributed by atoms with Gasteiger partial charge in [-0.05, 0) is 30.2 Å². The summed E-state index contributed by atoms with van der Waals surface area (Å²) in [5.74, 6) is 1.56. The van der Waals surface area contributed by atoms with Crippen molar-refractivity contribution in [1.82, 2.24) is 4.98 Å². The molecular weight excluding hydrogens is 224 g/mol. The topological polar surface area (TPSA) is 38.1 Å². The first-order valence-corrected chi connectivity index (χ1v) is 6.56. The molecule has 18 heavy (non-hydrogen) atoms. The molecule has 0 saturated carbocycles. The predicted octanol–water partition coefficient (Wildman–Crippen LogP) is 4.19. The zero-order chi connectivity index (χ0) is 12.8. The summed E-state index contributed by atoms with van der Waals surface area (Å²) in [5.41, 5.74) is 2.21. The zero-order valence-corrected chi connectivity index (χ0v) is 11.0. The van der Waals surface area contributed by atoms with Gasteiger partial charge in [-0.15, -0.1) is 0 Å². The summed E-state index contributed by atoms with van der Waals surface area (Å²) in [4.78, 5) is 3.92.